The zero-order valence-electron chi connectivity index (χ0n) is 14.9. The van der Waals surface area contributed by atoms with E-state index in [0.717, 1.165) is 17.8 Å². The molecule has 0 unspecified atom stereocenters. The van der Waals surface area contributed by atoms with E-state index >= 15 is 0 Å². The van der Waals surface area contributed by atoms with Crippen LogP contribution >= 0.6 is 0 Å². The van der Waals surface area contributed by atoms with Crippen LogP contribution in [0.1, 0.15) is 31.1 Å². The maximum atomic E-state index is 14.1. The van der Waals surface area contributed by atoms with Gasteiger partial charge in [-0.3, -0.25) is 9.78 Å². The molecule has 6 nitrogen and oxygen atoms in total. The molecule has 0 fully saturated rings. The van der Waals surface area contributed by atoms with Gasteiger partial charge in [-0.2, -0.15) is 0 Å². The van der Waals surface area contributed by atoms with Crippen molar-refractivity contribution in [1.29, 1.82) is 0 Å². The molecule has 0 saturated heterocycles. The lowest BCUT2D eigenvalue weighted by molar-refractivity contribution is 0.616. The van der Waals surface area contributed by atoms with Gasteiger partial charge in [0.2, 0.25) is 0 Å². The van der Waals surface area contributed by atoms with Crippen LogP contribution in [0.25, 0.3) is 11.0 Å². The van der Waals surface area contributed by atoms with E-state index in [-0.39, 0.29) is 12.1 Å². The molecule has 0 aliphatic heterocycles. The molecule has 3 rings (SSSR count). The Balaban J connectivity index is 2.07. The highest BCUT2D eigenvalue weighted by atomic mass is 19.1. The van der Waals surface area contributed by atoms with Crippen LogP contribution in [0.3, 0.4) is 0 Å². The van der Waals surface area contributed by atoms with Crippen molar-refractivity contribution >= 4 is 16.7 Å². The van der Waals surface area contributed by atoms with Crippen molar-refractivity contribution in [2.24, 2.45) is 5.92 Å². The minimum atomic E-state index is -0.436. The molecule has 3 aromatic heterocycles. The topological polar surface area (TPSA) is 75.6 Å². The fraction of sp³-hybridized carbons (Fsp3) is 0.389. The summed E-state index contributed by atoms with van der Waals surface area (Å²) in [6.45, 7) is 6.26. The van der Waals surface area contributed by atoms with Crippen LogP contribution in [-0.2, 0) is 13.0 Å². The Morgan fingerprint density at radius 1 is 1.36 bits per heavy atom. The van der Waals surface area contributed by atoms with Crippen LogP contribution < -0.4 is 10.9 Å². The summed E-state index contributed by atoms with van der Waals surface area (Å²) < 4.78 is 15.7. The van der Waals surface area contributed by atoms with E-state index < -0.39 is 5.82 Å². The number of aromatic amines is 1. The van der Waals surface area contributed by atoms with E-state index in [1.165, 1.54) is 6.20 Å². The summed E-state index contributed by atoms with van der Waals surface area (Å²) in [5, 5.41) is 2.88. The SMILES string of the molecule is CNc1ccc(C)n(Cc2nc3c(CC(C)C)ncc(F)c3[nH]2)c1=O. The van der Waals surface area contributed by atoms with Crippen LogP contribution in [0.15, 0.2) is 23.1 Å². The van der Waals surface area contributed by atoms with E-state index in [2.05, 4.69) is 34.1 Å². The Morgan fingerprint density at radius 3 is 2.80 bits per heavy atom. The third-order valence-corrected chi connectivity index (χ3v) is 4.17. The number of aryl methyl sites for hydroxylation is 1. The van der Waals surface area contributed by atoms with Crippen molar-refractivity contribution in [3.8, 4) is 0 Å². The van der Waals surface area contributed by atoms with E-state index in [4.69, 9.17) is 0 Å². The lowest BCUT2D eigenvalue weighted by atomic mass is 10.1. The largest absolute Gasteiger partial charge is 0.384 e. The molecule has 3 aromatic rings. The summed E-state index contributed by atoms with van der Waals surface area (Å²) in [5.74, 6) is 0.484. The molecule has 0 saturated carbocycles. The maximum absolute atomic E-state index is 14.1. The quantitative estimate of drug-likeness (QED) is 0.747. The van der Waals surface area contributed by atoms with Crippen molar-refractivity contribution in [2.75, 3.05) is 12.4 Å². The van der Waals surface area contributed by atoms with Crippen molar-refractivity contribution in [2.45, 2.75) is 33.7 Å². The smallest absolute Gasteiger partial charge is 0.274 e. The molecule has 0 aromatic carbocycles. The molecule has 132 valence electrons. The average Bonchev–Trinajstić information content (AvgIpc) is 2.99. The van der Waals surface area contributed by atoms with Gasteiger partial charge in [-0.05, 0) is 31.4 Å². The van der Waals surface area contributed by atoms with E-state index in [9.17, 15) is 9.18 Å². The number of fused-ring (bicyclic) bond motifs is 1. The molecular weight excluding hydrogens is 321 g/mol. The maximum Gasteiger partial charge on any atom is 0.274 e. The minimum absolute atomic E-state index is 0.135. The summed E-state index contributed by atoms with van der Waals surface area (Å²) in [5.41, 5.74) is 2.83. The second-order valence-electron chi connectivity index (χ2n) is 6.59. The summed E-state index contributed by atoms with van der Waals surface area (Å²) in [6.07, 6.45) is 1.94. The second kappa shape index (κ2) is 6.66. The van der Waals surface area contributed by atoms with Crippen LogP contribution in [0.4, 0.5) is 10.1 Å². The monoisotopic (exact) mass is 343 g/mol. The van der Waals surface area contributed by atoms with Gasteiger partial charge in [0, 0.05) is 12.7 Å². The molecule has 0 bridgehead atoms. The first-order valence-corrected chi connectivity index (χ1v) is 8.30. The van der Waals surface area contributed by atoms with Gasteiger partial charge in [0.15, 0.2) is 5.82 Å². The molecule has 0 spiro atoms. The third kappa shape index (κ3) is 3.26. The standard InChI is InChI=1S/C18H22FN5O/c1-10(2)7-14-17-16(12(19)8-21-14)22-15(23-17)9-24-11(3)5-6-13(20-4)18(24)25/h5-6,8,10,20H,7,9H2,1-4H3,(H,22,23). The molecule has 0 amide bonds. The van der Waals surface area contributed by atoms with Crippen LogP contribution in [0.5, 0.6) is 0 Å². The Kier molecular flexibility index (Phi) is 4.57. The Morgan fingerprint density at radius 2 is 2.12 bits per heavy atom. The summed E-state index contributed by atoms with van der Waals surface area (Å²) >= 11 is 0. The minimum Gasteiger partial charge on any atom is -0.384 e. The number of aromatic nitrogens is 4. The predicted octanol–water partition coefficient (Wildman–Crippen LogP) is 2.86. The van der Waals surface area contributed by atoms with Gasteiger partial charge >= 0.3 is 0 Å². The zero-order chi connectivity index (χ0) is 18.1. The van der Waals surface area contributed by atoms with Gasteiger partial charge in [0.05, 0.1) is 18.4 Å². The number of halogens is 1. The Bertz CT molecular complexity index is 973. The second-order valence-corrected chi connectivity index (χ2v) is 6.59. The number of anilines is 1. The fourth-order valence-corrected chi connectivity index (χ4v) is 2.88. The number of hydrogen-bond donors (Lipinski definition) is 2. The molecule has 0 aliphatic carbocycles. The molecule has 25 heavy (non-hydrogen) atoms. The Labute approximate surface area is 145 Å². The van der Waals surface area contributed by atoms with E-state index in [0.29, 0.717) is 28.5 Å². The normalized spacial score (nSPS) is 11.4. The number of hydrogen-bond acceptors (Lipinski definition) is 4. The molecule has 0 radical (unpaired) electrons. The van der Waals surface area contributed by atoms with Crippen LogP contribution in [-0.4, -0.2) is 26.6 Å². The number of pyridine rings is 2. The number of rotatable bonds is 5. The van der Waals surface area contributed by atoms with Crippen molar-refractivity contribution in [3.63, 3.8) is 0 Å². The number of H-pyrrole nitrogens is 1. The van der Waals surface area contributed by atoms with Gasteiger partial charge < -0.3 is 14.9 Å². The number of imidazole rings is 1. The van der Waals surface area contributed by atoms with Gasteiger partial charge in [-0.25, -0.2) is 9.37 Å². The molecule has 3 heterocycles. The lowest BCUT2D eigenvalue weighted by Gasteiger charge is -2.10. The first-order chi connectivity index (χ1) is 11.9. The fourth-order valence-electron chi connectivity index (χ4n) is 2.88. The van der Waals surface area contributed by atoms with Crippen molar-refractivity contribution in [3.05, 3.63) is 51.7 Å². The van der Waals surface area contributed by atoms with Crippen LogP contribution in [0, 0.1) is 18.7 Å². The number of nitrogens with one attached hydrogen (secondary N) is 2. The summed E-state index contributed by atoms with van der Waals surface area (Å²) in [7, 11) is 1.71. The predicted molar refractivity (Wildman–Crippen MR) is 96.5 cm³/mol. The molecule has 2 N–H and O–H groups in total. The molecular formula is C18H22FN5O. The summed E-state index contributed by atoms with van der Waals surface area (Å²) in [6, 6.07) is 3.61. The van der Waals surface area contributed by atoms with Gasteiger partial charge in [0.1, 0.15) is 22.5 Å². The molecule has 0 atom stereocenters. The summed E-state index contributed by atoms with van der Waals surface area (Å²) in [4.78, 5) is 24.2. The highest BCUT2D eigenvalue weighted by molar-refractivity contribution is 5.77. The highest BCUT2D eigenvalue weighted by Gasteiger charge is 2.15. The van der Waals surface area contributed by atoms with Crippen molar-refractivity contribution < 1.29 is 4.39 Å². The van der Waals surface area contributed by atoms with Crippen molar-refractivity contribution in [1.82, 2.24) is 19.5 Å². The van der Waals surface area contributed by atoms with E-state index in [1.807, 2.05) is 13.0 Å². The van der Waals surface area contributed by atoms with Crippen LogP contribution in [0.2, 0.25) is 0 Å². The van der Waals surface area contributed by atoms with Gasteiger partial charge in [-0.1, -0.05) is 13.8 Å². The van der Waals surface area contributed by atoms with Gasteiger partial charge in [0.25, 0.3) is 5.56 Å². The van der Waals surface area contributed by atoms with E-state index in [1.54, 1.807) is 17.7 Å². The first-order valence-electron chi connectivity index (χ1n) is 8.30. The zero-order valence-corrected chi connectivity index (χ0v) is 14.9. The van der Waals surface area contributed by atoms with Gasteiger partial charge in [-0.15, -0.1) is 0 Å². The first kappa shape index (κ1) is 17.1. The number of nitrogens with zero attached hydrogens (tertiary/aromatic N) is 3. The molecule has 7 heteroatoms. The third-order valence-electron chi connectivity index (χ3n) is 4.17. The average molecular weight is 343 g/mol. The highest BCUT2D eigenvalue weighted by Crippen LogP contribution is 2.20. The Hall–Kier alpha value is -2.70. The lowest BCUT2D eigenvalue weighted by Crippen LogP contribution is -2.25. The molecule has 0 aliphatic rings.